The van der Waals surface area contributed by atoms with Crippen molar-refractivity contribution in [1.82, 2.24) is 9.55 Å². The Labute approximate surface area is 206 Å². The molecule has 34 heavy (non-hydrogen) atoms. The zero-order valence-electron chi connectivity index (χ0n) is 19.5. The molecule has 0 aliphatic carbocycles. The summed E-state index contributed by atoms with van der Waals surface area (Å²) in [6.07, 6.45) is 2.02. The summed E-state index contributed by atoms with van der Waals surface area (Å²) >= 11 is 3.34. The van der Waals surface area contributed by atoms with Gasteiger partial charge in [-0.25, -0.2) is 9.18 Å². The standard InChI is InChI=1S/C25H27BrFN3O4/c1-5-12-33-24-29-22(26)21(14-28-32)30(24)15-16-10-11-18(20(27)13-16)17-8-6-7-9-19(17)23(31)34-25(2,3)4/h6-11,13-14,32H,5,12,15H2,1-4H3. The molecular formula is C25H27BrFN3O4. The predicted molar refractivity (Wildman–Crippen MR) is 131 cm³/mol. The van der Waals surface area contributed by atoms with Crippen LogP contribution in [0.25, 0.3) is 11.1 Å². The van der Waals surface area contributed by atoms with E-state index in [9.17, 15) is 4.79 Å². The number of esters is 1. The second-order valence-corrected chi connectivity index (χ2v) is 9.36. The van der Waals surface area contributed by atoms with Crippen molar-refractivity contribution in [3.8, 4) is 17.1 Å². The molecule has 0 aliphatic rings. The first-order chi connectivity index (χ1) is 16.1. The molecule has 0 amide bonds. The highest BCUT2D eigenvalue weighted by Gasteiger charge is 2.22. The second kappa shape index (κ2) is 10.8. The number of rotatable bonds is 8. The number of carbonyl (C=O) groups excluding carboxylic acids is 1. The predicted octanol–water partition coefficient (Wildman–Crippen LogP) is 6.05. The van der Waals surface area contributed by atoms with Gasteiger partial charge in [0.15, 0.2) is 0 Å². The fourth-order valence-corrected chi connectivity index (χ4v) is 3.81. The molecule has 0 saturated heterocycles. The third-order valence-corrected chi connectivity index (χ3v) is 5.34. The van der Waals surface area contributed by atoms with E-state index >= 15 is 4.39 Å². The lowest BCUT2D eigenvalue weighted by atomic mass is 9.98. The van der Waals surface area contributed by atoms with Gasteiger partial charge in [-0.15, -0.1) is 0 Å². The number of carbonyl (C=O) groups is 1. The van der Waals surface area contributed by atoms with Gasteiger partial charge in [-0.3, -0.25) is 4.57 Å². The van der Waals surface area contributed by atoms with Gasteiger partial charge < -0.3 is 14.7 Å². The maximum atomic E-state index is 15.3. The Hall–Kier alpha value is -3.20. The van der Waals surface area contributed by atoms with Crippen LogP contribution in [0.15, 0.2) is 52.2 Å². The van der Waals surface area contributed by atoms with E-state index in [-0.39, 0.29) is 12.1 Å². The number of benzene rings is 2. The summed E-state index contributed by atoms with van der Waals surface area (Å²) in [5.41, 5.74) is 1.48. The molecule has 3 aromatic rings. The lowest BCUT2D eigenvalue weighted by Gasteiger charge is -2.20. The normalized spacial score (nSPS) is 11.7. The van der Waals surface area contributed by atoms with E-state index in [1.807, 2.05) is 6.92 Å². The van der Waals surface area contributed by atoms with Crippen LogP contribution in [0.2, 0.25) is 0 Å². The fourth-order valence-electron chi connectivity index (χ4n) is 3.34. The average Bonchev–Trinajstić information content (AvgIpc) is 3.06. The Morgan fingerprint density at radius 3 is 2.62 bits per heavy atom. The van der Waals surface area contributed by atoms with E-state index in [0.717, 1.165) is 6.42 Å². The van der Waals surface area contributed by atoms with Crippen LogP contribution in [-0.2, 0) is 11.3 Å². The molecule has 0 radical (unpaired) electrons. The van der Waals surface area contributed by atoms with Crippen LogP contribution in [-0.4, -0.2) is 39.2 Å². The highest BCUT2D eigenvalue weighted by Crippen LogP contribution is 2.30. The molecule has 0 spiro atoms. The lowest BCUT2D eigenvalue weighted by molar-refractivity contribution is 0.00704. The van der Waals surface area contributed by atoms with E-state index in [1.165, 1.54) is 12.3 Å². The molecule has 0 atom stereocenters. The monoisotopic (exact) mass is 531 g/mol. The van der Waals surface area contributed by atoms with Crippen LogP contribution >= 0.6 is 15.9 Å². The molecule has 7 nitrogen and oxygen atoms in total. The molecule has 1 aromatic heterocycles. The smallest absolute Gasteiger partial charge is 0.339 e. The molecule has 9 heteroatoms. The van der Waals surface area contributed by atoms with E-state index < -0.39 is 17.4 Å². The van der Waals surface area contributed by atoms with Gasteiger partial charge in [-0.05, 0) is 66.4 Å². The van der Waals surface area contributed by atoms with Crippen molar-refractivity contribution in [1.29, 1.82) is 0 Å². The van der Waals surface area contributed by atoms with E-state index in [4.69, 9.17) is 14.7 Å². The van der Waals surface area contributed by atoms with Gasteiger partial charge >= 0.3 is 5.97 Å². The fraction of sp³-hybridized carbons (Fsp3) is 0.320. The third-order valence-electron chi connectivity index (χ3n) is 4.75. The third kappa shape index (κ3) is 6.02. The summed E-state index contributed by atoms with van der Waals surface area (Å²) in [4.78, 5) is 17.0. The minimum absolute atomic E-state index is 0.226. The lowest BCUT2D eigenvalue weighted by Crippen LogP contribution is -2.24. The number of hydrogen-bond donors (Lipinski definition) is 1. The van der Waals surface area contributed by atoms with Crippen molar-refractivity contribution in [2.75, 3.05) is 6.61 Å². The number of imidazole rings is 1. The van der Waals surface area contributed by atoms with Crippen molar-refractivity contribution in [3.63, 3.8) is 0 Å². The molecular weight excluding hydrogens is 505 g/mol. The Kier molecular flexibility index (Phi) is 8.09. The summed E-state index contributed by atoms with van der Waals surface area (Å²) in [5, 5.41) is 12.1. The zero-order valence-corrected chi connectivity index (χ0v) is 21.1. The average molecular weight is 532 g/mol. The van der Waals surface area contributed by atoms with Gasteiger partial charge in [0.2, 0.25) is 0 Å². The Morgan fingerprint density at radius 2 is 1.97 bits per heavy atom. The van der Waals surface area contributed by atoms with Gasteiger partial charge in [-0.1, -0.05) is 42.4 Å². The molecule has 0 saturated carbocycles. The van der Waals surface area contributed by atoms with Gasteiger partial charge in [0.05, 0.1) is 24.9 Å². The number of nitrogens with zero attached hydrogens (tertiary/aromatic N) is 3. The molecule has 0 bridgehead atoms. The van der Waals surface area contributed by atoms with Gasteiger partial charge in [0, 0.05) is 5.56 Å². The number of halogens is 2. The van der Waals surface area contributed by atoms with Crippen LogP contribution in [0.1, 0.15) is 55.7 Å². The first-order valence-corrected chi connectivity index (χ1v) is 11.6. The van der Waals surface area contributed by atoms with Crippen LogP contribution < -0.4 is 4.74 Å². The highest BCUT2D eigenvalue weighted by molar-refractivity contribution is 9.10. The van der Waals surface area contributed by atoms with Crippen molar-refractivity contribution in [3.05, 3.63) is 69.7 Å². The van der Waals surface area contributed by atoms with Crippen LogP contribution in [0, 0.1) is 5.82 Å². The van der Waals surface area contributed by atoms with Crippen LogP contribution in [0.3, 0.4) is 0 Å². The molecule has 2 aromatic carbocycles. The minimum Gasteiger partial charge on any atom is -0.465 e. The van der Waals surface area contributed by atoms with Gasteiger partial charge in [0.25, 0.3) is 6.01 Å². The second-order valence-electron chi connectivity index (χ2n) is 8.61. The first-order valence-electron chi connectivity index (χ1n) is 10.8. The van der Waals surface area contributed by atoms with E-state index in [0.29, 0.717) is 39.6 Å². The Bertz CT molecular complexity index is 1200. The van der Waals surface area contributed by atoms with Crippen LogP contribution in [0.4, 0.5) is 4.39 Å². The topological polar surface area (TPSA) is 85.9 Å². The number of ether oxygens (including phenoxy) is 2. The summed E-state index contributed by atoms with van der Waals surface area (Å²) in [5.74, 6) is -0.999. The van der Waals surface area contributed by atoms with Crippen molar-refractivity contribution < 1.29 is 23.9 Å². The molecule has 0 aliphatic heterocycles. The number of aromatic nitrogens is 2. The SMILES string of the molecule is CCCOc1nc(Br)c(C=NO)n1Cc1ccc(-c2ccccc2C(=O)OC(C)(C)C)c(F)c1. The molecule has 1 N–H and O–H groups in total. The summed E-state index contributed by atoms with van der Waals surface area (Å²) in [7, 11) is 0. The van der Waals surface area contributed by atoms with E-state index in [2.05, 4.69) is 26.1 Å². The quantitative estimate of drug-likeness (QED) is 0.165. The van der Waals surface area contributed by atoms with Crippen molar-refractivity contribution in [2.24, 2.45) is 5.16 Å². The summed E-state index contributed by atoms with van der Waals surface area (Å²) in [6.45, 7) is 8.00. The molecule has 0 unspecified atom stereocenters. The van der Waals surface area contributed by atoms with Gasteiger partial charge in [-0.2, -0.15) is 4.98 Å². The number of oxime groups is 1. The molecule has 3 rings (SSSR count). The minimum atomic E-state index is -0.668. The van der Waals surface area contributed by atoms with Gasteiger partial charge in [0.1, 0.15) is 21.7 Å². The number of hydrogen-bond acceptors (Lipinski definition) is 6. The van der Waals surface area contributed by atoms with Crippen molar-refractivity contribution >= 4 is 28.1 Å². The van der Waals surface area contributed by atoms with E-state index in [1.54, 1.807) is 61.7 Å². The molecule has 180 valence electrons. The molecule has 1 heterocycles. The maximum Gasteiger partial charge on any atom is 0.339 e. The summed E-state index contributed by atoms with van der Waals surface area (Å²) in [6, 6.07) is 11.9. The largest absolute Gasteiger partial charge is 0.465 e. The maximum absolute atomic E-state index is 15.3. The van der Waals surface area contributed by atoms with Crippen LogP contribution in [0.5, 0.6) is 6.01 Å². The first kappa shape index (κ1) is 25.4. The Balaban J connectivity index is 1.96. The zero-order chi connectivity index (χ0) is 24.9. The Morgan fingerprint density at radius 1 is 1.24 bits per heavy atom. The molecule has 0 fully saturated rings. The highest BCUT2D eigenvalue weighted by atomic mass is 79.9. The summed E-state index contributed by atoms with van der Waals surface area (Å²) < 4.78 is 28.6. The van der Waals surface area contributed by atoms with Crippen molar-refractivity contribution in [2.45, 2.75) is 46.3 Å².